The first-order valence-corrected chi connectivity index (χ1v) is 4.33. The van der Waals surface area contributed by atoms with Crippen molar-refractivity contribution in [1.82, 2.24) is 0 Å². The van der Waals surface area contributed by atoms with Crippen LogP contribution in [-0.2, 0) is 14.3 Å². The van der Waals surface area contributed by atoms with Gasteiger partial charge in [-0.3, -0.25) is 4.79 Å². The van der Waals surface area contributed by atoms with Gasteiger partial charge in [-0.15, -0.1) is 0 Å². The van der Waals surface area contributed by atoms with Gasteiger partial charge in [0.2, 0.25) is 0 Å². The van der Waals surface area contributed by atoms with Crippen LogP contribution >= 0.6 is 0 Å². The van der Waals surface area contributed by atoms with Crippen LogP contribution in [0.4, 0.5) is 0 Å². The molecule has 0 rings (SSSR count). The fourth-order valence-corrected chi connectivity index (χ4v) is 0.869. The maximum absolute atomic E-state index is 11.0. The van der Waals surface area contributed by atoms with E-state index in [0.29, 0.717) is 13.0 Å². The third-order valence-corrected chi connectivity index (χ3v) is 1.46. The number of carbonyl (C=O) groups is 1. The van der Waals surface area contributed by atoms with Crippen LogP contribution in [0.3, 0.4) is 0 Å². The highest BCUT2D eigenvalue weighted by molar-refractivity contribution is 5.79. The molecule has 0 radical (unpaired) electrons. The van der Waals surface area contributed by atoms with Crippen LogP contribution in [-0.4, -0.2) is 32.2 Å². The number of ketones is 1. The van der Waals surface area contributed by atoms with Crippen molar-refractivity contribution in [1.29, 1.82) is 0 Å². The van der Waals surface area contributed by atoms with Crippen molar-refractivity contribution in [2.45, 2.75) is 32.8 Å². The van der Waals surface area contributed by atoms with E-state index >= 15 is 0 Å². The summed E-state index contributed by atoms with van der Waals surface area (Å²) in [6, 6.07) is 0. The number of ether oxygens (including phenoxy) is 2. The summed E-state index contributed by atoms with van der Waals surface area (Å²) in [5, 5.41) is 0. The smallest absolute Gasteiger partial charge is 0.158 e. The van der Waals surface area contributed by atoms with Crippen LogP contribution in [0.5, 0.6) is 0 Å². The summed E-state index contributed by atoms with van der Waals surface area (Å²) >= 11 is 0. The summed E-state index contributed by atoms with van der Waals surface area (Å²) in [4.78, 5) is 11.0. The Hall–Kier alpha value is -0.410. The topological polar surface area (TPSA) is 35.5 Å². The molecule has 0 aliphatic carbocycles. The molecule has 0 bridgehead atoms. The Balaban J connectivity index is 3.33. The molecule has 0 saturated carbocycles. The van der Waals surface area contributed by atoms with Crippen molar-refractivity contribution in [2.24, 2.45) is 0 Å². The second-order valence-corrected chi connectivity index (χ2v) is 2.87. The molecule has 0 fully saturated rings. The van der Waals surface area contributed by atoms with Gasteiger partial charge in [0.1, 0.15) is 6.61 Å². The van der Waals surface area contributed by atoms with Gasteiger partial charge in [0.25, 0.3) is 0 Å². The molecular weight excluding hydrogens is 156 g/mol. The quantitative estimate of drug-likeness (QED) is 0.585. The minimum Gasteiger partial charge on any atom is -0.382 e. The van der Waals surface area contributed by atoms with Crippen LogP contribution in [0.1, 0.15) is 26.7 Å². The van der Waals surface area contributed by atoms with Crippen molar-refractivity contribution >= 4 is 5.78 Å². The molecule has 0 aliphatic heterocycles. The molecule has 72 valence electrons. The monoisotopic (exact) mass is 174 g/mol. The Labute approximate surface area is 74.0 Å². The maximum Gasteiger partial charge on any atom is 0.158 e. The first-order valence-electron chi connectivity index (χ1n) is 4.33. The molecule has 0 N–H and O–H groups in total. The standard InChI is InChI=1S/C9H18O3/c1-4-5-9(10)7-12-8(2)6-11-3/h8H,4-7H2,1-3H3. The zero-order valence-corrected chi connectivity index (χ0v) is 8.13. The number of Topliss-reactive ketones (excluding diaryl/α,β-unsaturated/α-hetero) is 1. The van der Waals surface area contributed by atoms with E-state index in [2.05, 4.69) is 0 Å². The van der Waals surface area contributed by atoms with Crippen molar-refractivity contribution in [3.05, 3.63) is 0 Å². The lowest BCUT2D eigenvalue weighted by Crippen LogP contribution is -2.19. The number of methoxy groups -OCH3 is 1. The second kappa shape index (κ2) is 7.25. The normalized spacial score (nSPS) is 12.9. The fourth-order valence-electron chi connectivity index (χ4n) is 0.869. The lowest BCUT2D eigenvalue weighted by molar-refractivity contribution is -0.126. The third-order valence-electron chi connectivity index (χ3n) is 1.46. The number of rotatable bonds is 7. The van der Waals surface area contributed by atoms with Crippen molar-refractivity contribution in [3.8, 4) is 0 Å². The maximum atomic E-state index is 11.0. The summed E-state index contributed by atoms with van der Waals surface area (Å²) in [6.45, 7) is 4.64. The van der Waals surface area contributed by atoms with Crippen LogP contribution in [0.2, 0.25) is 0 Å². The predicted molar refractivity (Wildman–Crippen MR) is 47.2 cm³/mol. The van der Waals surface area contributed by atoms with Crippen molar-refractivity contribution in [3.63, 3.8) is 0 Å². The molecule has 0 amide bonds. The lowest BCUT2D eigenvalue weighted by Gasteiger charge is -2.10. The van der Waals surface area contributed by atoms with Gasteiger partial charge in [-0.2, -0.15) is 0 Å². The molecule has 3 heteroatoms. The van der Waals surface area contributed by atoms with Gasteiger partial charge in [-0.25, -0.2) is 0 Å². The molecule has 0 aromatic carbocycles. The Bertz CT molecular complexity index is 123. The predicted octanol–water partition coefficient (Wildman–Crippen LogP) is 1.41. The Kier molecular flexibility index (Phi) is 7.00. The largest absolute Gasteiger partial charge is 0.382 e. The molecule has 0 heterocycles. The lowest BCUT2D eigenvalue weighted by atomic mass is 10.2. The zero-order valence-electron chi connectivity index (χ0n) is 8.13. The Morgan fingerprint density at radius 1 is 1.50 bits per heavy atom. The molecular formula is C9H18O3. The van der Waals surface area contributed by atoms with Gasteiger partial charge < -0.3 is 9.47 Å². The zero-order chi connectivity index (χ0) is 9.40. The van der Waals surface area contributed by atoms with Gasteiger partial charge in [0.15, 0.2) is 5.78 Å². The molecule has 1 unspecified atom stereocenters. The summed E-state index contributed by atoms with van der Waals surface area (Å²) in [7, 11) is 1.62. The van der Waals surface area contributed by atoms with E-state index in [4.69, 9.17) is 9.47 Å². The summed E-state index contributed by atoms with van der Waals surface area (Å²) in [5.74, 6) is 0.167. The van der Waals surface area contributed by atoms with Crippen LogP contribution < -0.4 is 0 Å². The number of hydrogen-bond acceptors (Lipinski definition) is 3. The van der Waals surface area contributed by atoms with Gasteiger partial charge in [0, 0.05) is 13.5 Å². The summed E-state index contributed by atoms with van der Waals surface area (Å²) in [5.41, 5.74) is 0. The first-order chi connectivity index (χ1) is 5.70. The van der Waals surface area contributed by atoms with E-state index in [0.717, 1.165) is 6.42 Å². The van der Waals surface area contributed by atoms with E-state index in [9.17, 15) is 4.79 Å². The highest BCUT2D eigenvalue weighted by atomic mass is 16.5. The van der Waals surface area contributed by atoms with Gasteiger partial charge in [0.05, 0.1) is 12.7 Å². The van der Waals surface area contributed by atoms with E-state index < -0.39 is 0 Å². The van der Waals surface area contributed by atoms with Crippen molar-refractivity contribution < 1.29 is 14.3 Å². The second-order valence-electron chi connectivity index (χ2n) is 2.87. The number of hydrogen-bond donors (Lipinski definition) is 0. The highest BCUT2D eigenvalue weighted by Gasteiger charge is 2.04. The van der Waals surface area contributed by atoms with Crippen LogP contribution in [0.25, 0.3) is 0 Å². The highest BCUT2D eigenvalue weighted by Crippen LogP contribution is 1.94. The average Bonchev–Trinajstić information content (AvgIpc) is 2.02. The molecule has 0 aliphatic rings. The van der Waals surface area contributed by atoms with Crippen LogP contribution in [0, 0.1) is 0 Å². The Morgan fingerprint density at radius 3 is 2.67 bits per heavy atom. The minimum absolute atomic E-state index is 0.0100. The molecule has 0 saturated heterocycles. The van der Waals surface area contributed by atoms with Crippen molar-refractivity contribution in [2.75, 3.05) is 20.3 Å². The summed E-state index contributed by atoms with van der Waals surface area (Å²) in [6.07, 6.45) is 1.51. The molecule has 0 aromatic heterocycles. The van der Waals surface area contributed by atoms with Gasteiger partial charge >= 0.3 is 0 Å². The molecule has 0 aromatic rings. The van der Waals surface area contributed by atoms with E-state index in [1.807, 2.05) is 13.8 Å². The molecule has 0 spiro atoms. The Morgan fingerprint density at radius 2 is 2.17 bits per heavy atom. The van der Waals surface area contributed by atoms with Gasteiger partial charge in [-0.05, 0) is 13.3 Å². The fraction of sp³-hybridized carbons (Fsp3) is 0.889. The summed E-state index contributed by atoms with van der Waals surface area (Å²) < 4.78 is 10.1. The molecule has 1 atom stereocenters. The SMILES string of the molecule is CCCC(=O)COC(C)COC. The molecule has 12 heavy (non-hydrogen) atoms. The van der Waals surface area contributed by atoms with E-state index in [1.54, 1.807) is 7.11 Å². The third kappa shape index (κ3) is 6.31. The van der Waals surface area contributed by atoms with E-state index in [1.165, 1.54) is 0 Å². The number of carbonyl (C=O) groups excluding carboxylic acids is 1. The first kappa shape index (κ1) is 11.6. The van der Waals surface area contributed by atoms with E-state index in [-0.39, 0.29) is 18.5 Å². The molecule has 3 nitrogen and oxygen atoms in total. The van der Waals surface area contributed by atoms with Crippen LogP contribution in [0.15, 0.2) is 0 Å². The van der Waals surface area contributed by atoms with Gasteiger partial charge in [-0.1, -0.05) is 6.92 Å². The average molecular weight is 174 g/mol. The minimum atomic E-state index is 0.0100.